The quantitative estimate of drug-likeness (QED) is 0.821. The first-order valence-electron chi connectivity index (χ1n) is 7.38. The van der Waals surface area contributed by atoms with Crippen LogP contribution >= 0.6 is 11.8 Å². The van der Waals surface area contributed by atoms with Crippen molar-refractivity contribution in [2.45, 2.75) is 43.5 Å². The van der Waals surface area contributed by atoms with Gasteiger partial charge in [0.25, 0.3) is 0 Å². The van der Waals surface area contributed by atoms with Crippen molar-refractivity contribution in [1.82, 2.24) is 5.32 Å². The molecule has 4 heteroatoms. The summed E-state index contributed by atoms with van der Waals surface area (Å²) < 4.78 is 0. The average molecular weight is 292 g/mol. The van der Waals surface area contributed by atoms with Gasteiger partial charge in [0.1, 0.15) is 0 Å². The molecule has 3 nitrogen and oxygen atoms in total. The number of rotatable bonds is 5. The van der Waals surface area contributed by atoms with E-state index in [-0.39, 0.29) is 11.9 Å². The third kappa shape index (κ3) is 4.53. The number of carbonyl (C=O) groups excluding carboxylic acids is 1. The molecule has 0 bridgehead atoms. The van der Waals surface area contributed by atoms with Crippen LogP contribution < -0.4 is 11.1 Å². The Balaban J connectivity index is 1.78. The Morgan fingerprint density at radius 2 is 2.00 bits per heavy atom. The molecule has 0 spiro atoms. The van der Waals surface area contributed by atoms with E-state index in [2.05, 4.69) is 36.5 Å². The number of thioether (sulfide) groups is 1. The molecule has 0 heterocycles. The predicted molar refractivity (Wildman–Crippen MR) is 84.8 cm³/mol. The molecular weight excluding hydrogens is 268 g/mol. The summed E-state index contributed by atoms with van der Waals surface area (Å²) in [5.41, 5.74) is 7.03. The topological polar surface area (TPSA) is 55.1 Å². The van der Waals surface area contributed by atoms with E-state index in [4.69, 9.17) is 5.73 Å². The Labute approximate surface area is 125 Å². The van der Waals surface area contributed by atoms with Gasteiger partial charge in [0, 0.05) is 10.9 Å². The molecule has 1 aliphatic rings. The Kier molecular flexibility index (Phi) is 5.92. The van der Waals surface area contributed by atoms with Crippen molar-refractivity contribution in [3.63, 3.8) is 0 Å². The van der Waals surface area contributed by atoms with Gasteiger partial charge in [0.05, 0.1) is 5.75 Å². The number of amides is 1. The van der Waals surface area contributed by atoms with Gasteiger partial charge in [0.2, 0.25) is 5.91 Å². The molecule has 1 fully saturated rings. The second-order valence-electron chi connectivity index (χ2n) is 5.56. The van der Waals surface area contributed by atoms with Crippen LogP contribution in [0.3, 0.4) is 0 Å². The van der Waals surface area contributed by atoms with Gasteiger partial charge in [-0.15, -0.1) is 11.8 Å². The van der Waals surface area contributed by atoms with Gasteiger partial charge in [-0.05, 0) is 44.4 Å². The maximum Gasteiger partial charge on any atom is 0.230 e. The lowest BCUT2D eigenvalue weighted by Crippen LogP contribution is -2.45. The van der Waals surface area contributed by atoms with Crippen molar-refractivity contribution in [1.29, 1.82) is 0 Å². The summed E-state index contributed by atoms with van der Waals surface area (Å²) in [6, 6.07) is 8.56. The smallest absolute Gasteiger partial charge is 0.230 e. The molecule has 0 aliphatic heterocycles. The summed E-state index contributed by atoms with van der Waals surface area (Å²) in [5.74, 6) is 1.06. The third-order valence-electron chi connectivity index (χ3n) is 3.95. The minimum absolute atomic E-state index is 0.126. The third-order valence-corrected chi connectivity index (χ3v) is 4.96. The van der Waals surface area contributed by atoms with E-state index < -0.39 is 0 Å². The fourth-order valence-electron chi connectivity index (χ4n) is 2.71. The first kappa shape index (κ1) is 15.4. The SMILES string of the molecule is Cc1ccc(SCC(=O)NC2CCCCC2CN)cc1. The van der Waals surface area contributed by atoms with Gasteiger partial charge >= 0.3 is 0 Å². The lowest BCUT2D eigenvalue weighted by Gasteiger charge is -2.31. The molecule has 2 atom stereocenters. The Hall–Kier alpha value is -1.00. The standard InChI is InChI=1S/C16H24N2OS/c1-12-6-8-14(9-7-12)20-11-16(19)18-15-5-3-2-4-13(15)10-17/h6-9,13,15H,2-5,10-11,17H2,1H3,(H,18,19). The zero-order valence-corrected chi connectivity index (χ0v) is 12.9. The maximum absolute atomic E-state index is 12.0. The number of hydrogen-bond acceptors (Lipinski definition) is 3. The second-order valence-corrected chi connectivity index (χ2v) is 6.60. The van der Waals surface area contributed by atoms with Gasteiger partial charge in [-0.2, -0.15) is 0 Å². The number of nitrogens with one attached hydrogen (secondary N) is 1. The lowest BCUT2D eigenvalue weighted by atomic mass is 9.84. The summed E-state index contributed by atoms with van der Waals surface area (Å²) in [4.78, 5) is 13.2. The molecule has 2 rings (SSSR count). The lowest BCUT2D eigenvalue weighted by molar-refractivity contribution is -0.119. The van der Waals surface area contributed by atoms with Crippen molar-refractivity contribution in [2.24, 2.45) is 11.7 Å². The normalized spacial score (nSPS) is 22.5. The van der Waals surface area contributed by atoms with E-state index in [0.717, 1.165) is 17.7 Å². The highest BCUT2D eigenvalue weighted by molar-refractivity contribution is 8.00. The van der Waals surface area contributed by atoms with E-state index in [0.29, 0.717) is 18.2 Å². The number of benzene rings is 1. The maximum atomic E-state index is 12.0. The molecule has 2 unspecified atom stereocenters. The molecule has 110 valence electrons. The molecule has 3 N–H and O–H groups in total. The van der Waals surface area contributed by atoms with Crippen molar-refractivity contribution >= 4 is 17.7 Å². The molecule has 1 aromatic carbocycles. The van der Waals surface area contributed by atoms with Crippen molar-refractivity contribution in [3.8, 4) is 0 Å². The van der Waals surface area contributed by atoms with Crippen LogP contribution in [0.25, 0.3) is 0 Å². The number of carbonyl (C=O) groups is 1. The Morgan fingerprint density at radius 1 is 1.30 bits per heavy atom. The summed E-state index contributed by atoms with van der Waals surface area (Å²) in [6.07, 6.45) is 4.66. The zero-order chi connectivity index (χ0) is 14.4. The molecule has 0 radical (unpaired) electrons. The van der Waals surface area contributed by atoms with E-state index in [9.17, 15) is 4.79 Å². The first-order chi connectivity index (χ1) is 9.69. The first-order valence-corrected chi connectivity index (χ1v) is 8.36. The summed E-state index contributed by atoms with van der Waals surface area (Å²) in [5, 5.41) is 3.16. The molecule has 1 aromatic rings. The molecule has 0 saturated heterocycles. The highest BCUT2D eigenvalue weighted by Crippen LogP contribution is 2.24. The minimum atomic E-state index is 0.126. The van der Waals surface area contributed by atoms with Crippen LogP contribution in [0, 0.1) is 12.8 Å². The van der Waals surface area contributed by atoms with Gasteiger partial charge in [-0.25, -0.2) is 0 Å². The molecule has 1 aliphatic carbocycles. The van der Waals surface area contributed by atoms with E-state index in [1.807, 2.05) is 0 Å². The van der Waals surface area contributed by atoms with E-state index in [1.54, 1.807) is 11.8 Å². The minimum Gasteiger partial charge on any atom is -0.352 e. The van der Waals surface area contributed by atoms with Gasteiger partial charge in [-0.3, -0.25) is 4.79 Å². The van der Waals surface area contributed by atoms with Crippen molar-refractivity contribution in [2.75, 3.05) is 12.3 Å². The molecule has 1 amide bonds. The molecule has 1 saturated carbocycles. The van der Waals surface area contributed by atoms with Crippen LogP contribution in [0.5, 0.6) is 0 Å². The number of hydrogen-bond donors (Lipinski definition) is 2. The average Bonchev–Trinajstić information content (AvgIpc) is 2.47. The predicted octanol–water partition coefficient (Wildman–Crippen LogP) is 2.72. The van der Waals surface area contributed by atoms with Gasteiger partial charge in [-0.1, -0.05) is 30.5 Å². The zero-order valence-electron chi connectivity index (χ0n) is 12.1. The largest absolute Gasteiger partial charge is 0.352 e. The van der Waals surface area contributed by atoms with Crippen LogP contribution in [0.15, 0.2) is 29.2 Å². The van der Waals surface area contributed by atoms with Crippen LogP contribution in [-0.2, 0) is 4.79 Å². The summed E-state index contributed by atoms with van der Waals surface area (Å²) >= 11 is 1.59. The van der Waals surface area contributed by atoms with E-state index >= 15 is 0 Å². The van der Waals surface area contributed by atoms with Gasteiger partial charge in [0.15, 0.2) is 0 Å². The number of aryl methyl sites for hydroxylation is 1. The van der Waals surface area contributed by atoms with Crippen molar-refractivity contribution < 1.29 is 4.79 Å². The Morgan fingerprint density at radius 3 is 2.70 bits per heavy atom. The van der Waals surface area contributed by atoms with Crippen LogP contribution in [0.1, 0.15) is 31.2 Å². The molecule has 20 heavy (non-hydrogen) atoms. The van der Waals surface area contributed by atoms with Crippen molar-refractivity contribution in [3.05, 3.63) is 29.8 Å². The fraction of sp³-hybridized carbons (Fsp3) is 0.562. The monoisotopic (exact) mass is 292 g/mol. The second kappa shape index (κ2) is 7.70. The summed E-state index contributed by atoms with van der Waals surface area (Å²) in [6.45, 7) is 2.74. The number of nitrogens with two attached hydrogens (primary N) is 1. The van der Waals surface area contributed by atoms with Crippen LogP contribution in [0.4, 0.5) is 0 Å². The van der Waals surface area contributed by atoms with Gasteiger partial charge < -0.3 is 11.1 Å². The van der Waals surface area contributed by atoms with Crippen LogP contribution in [0.2, 0.25) is 0 Å². The summed E-state index contributed by atoms with van der Waals surface area (Å²) in [7, 11) is 0. The Bertz CT molecular complexity index is 433. The fourth-order valence-corrected chi connectivity index (χ4v) is 3.42. The van der Waals surface area contributed by atoms with E-state index in [1.165, 1.54) is 18.4 Å². The molecule has 0 aromatic heterocycles. The van der Waals surface area contributed by atoms with Crippen LogP contribution in [-0.4, -0.2) is 24.2 Å². The highest BCUT2D eigenvalue weighted by atomic mass is 32.2. The highest BCUT2D eigenvalue weighted by Gasteiger charge is 2.25. The molecular formula is C16H24N2OS.